The van der Waals surface area contributed by atoms with E-state index in [4.69, 9.17) is 16.2 Å². The van der Waals surface area contributed by atoms with Gasteiger partial charge in [-0.3, -0.25) is 10.2 Å². The number of carbonyl (C=O) groups is 1. The summed E-state index contributed by atoms with van der Waals surface area (Å²) in [6.45, 7) is 0.00793. The molecule has 2 aromatic rings. The molecule has 0 fully saturated rings. The van der Waals surface area contributed by atoms with Crippen LogP contribution in [0.3, 0.4) is 0 Å². The smallest absolute Gasteiger partial charge is 0.245 e. The van der Waals surface area contributed by atoms with Crippen molar-refractivity contribution in [3.8, 4) is 10.6 Å². The number of nitrogens with two attached hydrogens (primary N) is 1. The fourth-order valence-electron chi connectivity index (χ4n) is 1.59. The van der Waals surface area contributed by atoms with Crippen molar-refractivity contribution in [2.24, 2.45) is 5.73 Å². The van der Waals surface area contributed by atoms with Gasteiger partial charge in [-0.15, -0.1) is 22.7 Å². The number of hydrogen-bond acceptors (Lipinski definition) is 6. The summed E-state index contributed by atoms with van der Waals surface area (Å²) in [7, 11) is 0. The number of aliphatic hydroxyl groups excluding tert-OH is 1. The molecule has 0 radical (unpaired) electrons. The molecule has 21 heavy (non-hydrogen) atoms. The Labute approximate surface area is 129 Å². The molecule has 2 heterocycles. The van der Waals surface area contributed by atoms with Gasteiger partial charge in [-0.1, -0.05) is 0 Å². The summed E-state index contributed by atoms with van der Waals surface area (Å²) < 4.78 is 0. The molecule has 0 aliphatic rings. The fourth-order valence-corrected chi connectivity index (χ4v) is 3.36. The number of thiazole rings is 1. The summed E-state index contributed by atoms with van der Waals surface area (Å²) in [5.74, 6) is -0.506. The molecule has 0 aromatic carbocycles. The number of carbonyl (C=O) groups excluding carboxylic acids is 1. The lowest BCUT2D eigenvalue weighted by Crippen LogP contribution is -2.27. The first kappa shape index (κ1) is 15.4. The Morgan fingerprint density at radius 3 is 3.00 bits per heavy atom. The summed E-state index contributed by atoms with van der Waals surface area (Å²) in [6, 6.07) is 3.96. The number of guanidine groups is 1. The molecule has 0 unspecified atom stereocenters. The number of thiophene rings is 1. The summed E-state index contributed by atoms with van der Waals surface area (Å²) >= 11 is 2.98. The zero-order chi connectivity index (χ0) is 15.2. The van der Waals surface area contributed by atoms with Crippen LogP contribution in [0.1, 0.15) is 4.88 Å². The average molecular weight is 325 g/mol. The first-order chi connectivity index (χ1) is 10.1. The third-order valence-corrected chi connectivity index (χ3v) is 4.42. The molecule has 0 saturated carbocycles. The minimum absolute atomic E-state index is 0.137. The first-order valence-corrected chi connectivity index (χ1v) is 7.81. The first-order valence-electron chi connectivity index (χ1n) is 6.11. The summed E-state index contributed by atoms with van der Waals surface area (Å²) in [5.41, 5.74) is 6.09. The van der Waals surface area contributed by atoms with Crippen LogP contribution >= 0.6 is 22.7 Å². The Balaban J connectivity index is 1.94. The van der Waals surface area contributed by atoms with Gasteiger partial charge in [-0.05, 0) is 18.6 Å². The summed E-state index contributed by atoms with van der Waals surface area (Å²) in [4.78, 5) is 17.4. The monoisotopic (exact) mass is 325 g/mol. The maximum atomic E-state index is 10.9. The minimum atomic E-state index is -0.486. The standard InChI is InChI=1S/C12H15N5O2S2/c13-11(14)17-12-16-8(6-20-12)9-2-1-7(21-9)3-4-15-10(19)5-18/h1-2,6,18H,3-5H2,(H,15,19)(H4,13,14,16,17). The molecular formula is C12H15N5O2S2. The predicted octanol–water partition coefficient (Wildman–Crippen LogP) is 0.828. The van der Waals surface area contributed by atoms with E-state index < -0.39 is 6.61 Å². The van der Waals surface area contributed by atoms with E-state index in [1.165, 1.54) is 11.3 Å². The Morgan fingerprint density at radius 1 is 1.48 bits per heavy atom. The van der Waals surface area contributed by atoms with Gasteiger partial charge in [-0.25, -0.2) is 4.98 Å². The molecule has 0 aliphatic carbocycles. The van der Waals surface area contributed by atoms with Crippen LogP contribution in [-0.2, 0) is 11.2 Å². The third kappa shape index (κ3) is 4.52. The Kier molecular flexibility index (Phi) is 5.26. The van der Waals surface area contributed by atoms with Gasteiger partial charge in [0.15, 0.2) is 11.1 Å². The van der Waals surface area contributed by atoms with E-state index >= 15 is 0 Å². The van der Waals surface area contributed by atoms with E-state index in [0.29, 0.717) is 18.1 Å². The quantitative estimate of drug-likeness (QED) is 0.397. The Hall–Kier alpha value is -1.97. The second kappa shape index (κ2) is 7.16. The zero-order valence-corrected chi connectivity index (χ0v) is 12.7. The van der Waals surface area contributed by atoms with Crippen molar-refractivity contribution in [3.63, 3.8) is 0 Å². The molecule has 0 aliphatic heterocycles. The van der Waals surface area contributed by atoms with Gasteiger partial charge in [0.25, 0.3) is 0 Å². The van der Waals surface area contributed by atoms with Gasteiger partial charge >= 0.3 is 0 Å². The van der Waals surface area contributed by atoms with Gasteiger partial charge in [0.1, 0.15) is 6.61 Å². The van der Waals surface area contributed by atoms with Gasteiger partial charge < -0.3 is 21.5 Å². The number of hydrogen-bond donors (Lipinski definition) is 5. The Morgan fingerprint density at radius 2 is 2.29 bits per heavy atom. The van der Waals surface area contributed by atoms with Crippen molar-refractivity contribution in [1.82, 2.24) is 10.3 Å². The lowest BCUT2D eigenvalue weighted by atomic mass is 10.3. The Bertz CT molecular complexity index is 637. The number of aromatic nitrogens is 1. The number of rotatable bonds is 6. The zero-order valence-electron chi connectivity index (χ0n) is 11.0. The van der Waals surface area contributed by atoms with Gasteiger partial charge in [-0.2, -0.15) is 0 Å². The second-order valence-electron chi connectivity index (χ2n) is 4.10. The molecule has 0 spiro atoms. The van der Waals surface area contributed by atoms with E-state index in [9.17, 15) is 4.79 Å². The van der Waals surface area contributed by atoms with Crippen LogP contribution < -0.4 is 16.4 Å². The largest absolute Gasteiger partial charge is 0.387 e. The molecular weight excluding hydrogens is 310 g/mol. The molecule has 0 saturated heterocycles. The van der Waals surface area contributed by atoms with Crippen molar-refractivity contribution < 1.29 is 9.90 Å². The molecule has 2 rings (SSSR count). The highest BCUT2D eigenvalue weighted by Crippen LogP contribution is 2.30. The number of aliphatic hydroxyl groups is 1. The molecule has 112 valence electrons. The van der Waals surface area contributed by atoms with E-state index in [0.717, 1.165) is 15.4 Å². The van der Waals surface area contributed by atoms with Crippen molar-refractivity contribution >= 4 is 39.7 Å². The summed E-state index contributed by atoms with van der Waals surface area (Å²) in [5, 5.41) is 23.5. The highest BCUT2D eigenvalue weighted by molar-refractivity contribution is 7.17. The van der Waals surface area contributed by atoms with Crippen molar-refractivity contribution in [2.45, 2.75) is 6.42 Å². The molecule has 0 bridgehead atoms. The van der Waals surface area contributed by atoms with Gasteiger partial charge in [0.2, 0.25) is 5.91 Å². The lowest BCUT2D eigenvalue weighted by molar-refractivity contribution is -0.123. The average Bonchev–Trinajstić information content (AvgIpc) is 3.07. The number of nitrogens with one attached hydrogen (secondary N) is 3. The molecule has 7 nitrogen and oxygen atoms in total. The lowest BCUT2D eigenvalue weighted by Gasteiger charge is -2.00. The molecule has 6 N–H and O–H groups in total. The van der Waals surface area contributed by atoms with Crippen molar-refractivity contribution in [1.29, 1.82) is 5.41 Å². The number of nitrogens with zero attached hydrogens (tertiary/aromatic N) is 1. The van der Waals surface area contributed by atoms with E-state index in [-0.39, 0.29) is 11.9 Å². The fraction of sp³-hybridized carbons (Fsp3) is 0.250. The highest BCUT2D eigenvalue weighted by atomic mass is 32.1. The van der Waals surface area contributed by atoms with E-state index in [2.05, 4.69) is 15.6 Å². The maximum absolute atomic E-state index is 10.9. The molecule has 9 heteroatoms. The van der Waals surface area contributed by atoms with Crippen LogP contribution in [0.2, 0.25) is 0 Å². The highest BCUT2D eigenvalue weighted by Gasteiger charge is 2.08. The third-order valence-electron chi connectivity index (χ3n) is 2.50. The van der Waals surface area contributed by atoms with Crippen LogP contribution in [0, 0.1) is 5.41 Å². The van der Waals surface area contributed by atoms with E-state index in [1.807, 2.05) is 17.5 Å². The molecule has 2 aromatic heterocycles. The molecule has 1 amide bonds. The normalized spacial score (nSPS) is 10.3. The number of amides is 1. The summed E-state index contributed by atoms with van der Waals surface area (Å²) in [6.07, 6.45) is 0.707. The van der Waals surface area contributed by atoms with E-state index in [1.54, 1.807) is 11.3 Å². The topological polar surface area (TPSA) is 124 Å². The minimum Gasteiger partial charge on any atom is -0.387 e. The van der Waals surface area contributed by atoms with Crippen LogP contribution in [-0.4, -0.2) is 35.1 Å². The van der Waals surface area contributed by atoms with Crippen LogP contribution in [0.15, 0.2) is 17.5 Å². The van der Waals surface area contributed by atoms with Gasteiger partial charge in [0.05, 0.1) is 10.6 Å². The SMILES string of the molecule is N=C(N)Nc1nc(-c2ccc(CCNC(=O)CO)s2)cs1. The van der Waals surface area contributed by atoms with Crippen LogP contribution in [0.4, 0.5) is 5.13 Å². The van der Waals surface area contributed by atoms with Crippen LogP contribution in [0.25, 0.3) is 10.6 Å². The van der Waals surface area contributed by atoms with Crippen molar-refractivity contribution in [2.75, 3.05) is 18.5 Å². The number of anilines is 1. The second-order valence-corrected chi connectivity index (χ2v) is 6.13. The predicted molar refractivity (Wildman–Crippen MR) is 84.8 cm³/mol. The van der Waals surface area contributed by atoms with Crippen molar-refractivity contribution in [3.05, 3.63) is 22.4 Å². The molecule has 0 atom stereocenters. The van der Waals surface area contributed by atoms with Gasteiger partial charge in [0, 0.05) is 16.8 Å². The maximum Gasteiger partial charge on any atom is 0.245 e. The van der Waals surface area contributed by atoms with Crippen LogP contribution in [0.5, 0.6) is 0 Å².